The van der Waals surface area contributed by atoms with Crippen molar-refractivity contribution in [2.75, 3.05) is 13.2 Å². The number of rotatable bonds is 14. The van der Waals surface area contributed by atoms with Gasteiger partial charge in [0.25, 0.3) is 0 Å². The van der Waals surface area contributed by atoms with E-state index in [-0.39, 0.29) is 18.9 Å². The van der Waals surface area contributed by atoms with Crippen LogP contribution < -0.4 is 10.6 Å². The third-order valence-electron chi connectivity index (χ3n) is 6.18. The summed E-state index contributed by atoms with van der Waals surface area (Å²) in [6, 6.07) is -2.50. The van der Waals surface area contributed by atoms with Crippen molar-refractivity contribution in [2.24, 2.45) is 5.92 Å². The van der Waals surface area contributed by atoms with E-state index in [4.69, 9.17) is 37.9 Å². The first kappa shape index (κ1) is 43.0. The van der Waals surface area contributed by atoms with Crippen molar-refractivity contribution in [1.29, 1.82) is 0 Å². The molecule has 280 valence electrons. The Balaban J connectivity index is 3.40. The van der Waals surface area contributed by atoms with E-state index in [2.05, 4.69) is 10.6 Å². The average Bonchev–Trinajstić information content (AvgIpc) is 2.90. The summed E-state index contributed by atoms with van der Waals surface area (Å²) >= 11 is 0. The van der Waals surface area contributed by atoms with Crippen molar-refractivity contribution < 1.29 is 71.5 Å². The van der Waals surface area contributed by atoms with Gasteiger partial charge in [0.1, 0.15) is 24.4 Å². The predicted octanol–water partition coefficient (Wildman–Crippen LogP) is 1.85. The van der Waals surface area contributed by atoms with Crippen LogP contribution in [-0.2, 0) is 66.7 Å². The summed E-state index contributed by atoms with van der Waals surface area (Å²) < 4.78 is 43.4. The summed E-state index contributed by atoms with van der Waals surface area (Å²) in [5.41, 5.74) is -1.53. The molecule has 0 unspecified atom stereocenters. The van der Waals surface area contributed by atoms with Gasteiger partial charge in [-0.05, 0) is 53.9 Å². The van der Waals surface area contributed by atoms with Gasteiger partial charge in [0, 0.05) is 27.7 Å². The Labute approximate surface area is 286 Å². The molecule has 2 amide bonds. The molecule has 1 aliphatic rings. The van der Waals surface area contributed by atoms with Gasteiger partial charge in [-0.25, -0.2) is 9.59 Å². The summed E-state index contributed by atoms with van der Waals surface area (Å²) in [4.78, 5) is 87.6. The number of alkyl carbamates (subject to hydrolysis) is 1. The molecule has 1 saturated heterocycles. The molecule has 0 aromatic carbocycles. The molecule has 0 bridgehead atoms. The number of nitrogens with one attached hydrogen (secondary N) is 2. The number of hydrogen-bond acceptors (Lipinski definition) is 15. The quantitative estimate of drug-likeness (QED) is 0.195. The molecule has 0 saturated carbocycles. The largest absolute Gasteiger partial charge is 0.463 e. The molecular formula is C32H52N2O15. The Bertz CT molecular complexity index is 1190. The predicted molar refractivity (Wildman–Crippen MR) is 168 cm³/mol. The molecule has 17 heteroatoms. The van der Waals surface area contributed by atoms with Crippen LogP contribution in [0.15, 0.2) is 0 Å². The zero-order chi connectivity index (χ0) is 37.9. The lowest BCUT2D eigenvalue weighted by Gasteiger charge is -2.43. The number of hydrogen-bond donors (Lipinski definition) is 2. The summed E-state index contributed by atoms with van der Waals surface area (Å²) in [5, 5.41) is 5.02. The van der Waals surface area contributed by atoms with Crippen LogP contribution in [0.2, 0.25) is 0 Å². The SMILES string of the molecule is CC(=O)OC[C@H]1O[C@@H](OC(=O)N[C@@H](CC(C)C)C(=O)N[C@@H](COC(C)(C)C)C(=O)OC(C)(C)C)[C@H](OC(C)=O)[C@@H](OC(C)=O)[C@H]1OC(C)=O. The molecule has 1 aliphatic heterocycles. The highest BCUT2D eigenvalue weighted by molar-refractivity contribution is 5.89. The van der Waals surface area contributed by atoms with Gasteiger partial charge in [-0.3, -0.25) is 24.0 Å². The van der Waals surface area contributed by atoms with Crippen molar-refractivity contribution in [2.45, 2.75) is 143 Å². The highest BCUT2D eigenvalue weighted by atomic mass is 16.8. The minimum atomic E-state index is -1.82. The molecule has 7 atom stereocenters. The fourth-order valence-electron chi connectivity index (χ4n) is 4.42. The second kappa shape index (κ2) is 18.7. The highest BCUT2D eigenvalue weighted by Crippen LogP contribution is 2.30. The molecule has 0 radical (unpaired) electrons. The van der Waals surface area contributed by atoms with E-state index in [1.54, 1.807) is 55.4 Å². The fraction of sp³-hybridized carbons (Fsp3) is 0.781. The Morgan fingerprint density at radius 1 is 0.673 bits per heavy atom. The van der Waals surface area contributed by atoms with Gasteiger partial charge < -0.3 is 48.5 Å². The summed E-state index contributed by atoms with van der Waals surface area (Å²) in [7, 11) is 0. The molecule has 17 nitrogen and oxygen atoms in total. The smallest absolute Gasteiger partial charge is 0.410 e. The first-order valence-corrected chi connectivity index (χ1v) is 15.8. The number of ether oxygens (including phenoxy) is 8. The molecule has 0 aliphatic carbocycles. The van der Waals surface area contributed by atoms with Crippen LogP contribution >= 0.6 is 0 Å². The van der Waals surface area contributed by atoms with E-state index < -0.39 is 102 Å². The van der Waals surface area contributed by atoms with Crippen LogP contribution in [0.5, 0.6) is 0 Å². The monoisotopic (exact) mass is 704 g/mol. The molecule has 1 rings (SSSR count). The third kappa shape index (κ3) is 16.8. The van der Waals surface area contributed by atoms with E-state index in [0.717, 1.165) is 27.7 Å². The lowest BCUT2D eigenvalue weighted by Crippen LogP contribution is -2.63. The van der Waals surface area contributed by atoms with Crippen molar-refractivity contribution in [3.8, 4) is 0 Å². The minimum Gasteiger partial charge on any atom is -0.463 e. The molecular weight excluding hydrogens is 652 g/mol. The number of carbonyl (C=O) groups excluding carboxylic acids is 7. The van der Waals surface area contributed by atoms with Gasteiger partial charge in [-0.2, -0.15) is 0 Å². The van der Waals surface area contributed by atoms with Gasteiger partial charge >= 0.3 is 35.9 Å². The van der Waals surface area contributed by atoms with Crippen molar-refractivity contribution in [1.82, 2.24) is 10.6 Å². The third-order valence-corrected chi connectivity index (χ3v) is 6.18. The standard InChI is InChI=1S/C32H52N2O15/c1-16(2)13-21(27(39)33-22(14-43-31(7,8)9)28(40)49-32(10,11)12)34-30(41)48-29-26(46-20(6)38)25(45-19(5)37)24(44-18(4)36)23(47-29)15-42-17(3)35/h16,21-26,29H,13-15H2,1-12H3,(H,33,39)(H,34,41)/t21-,22-,23+,24-,25-,26+,29-/m0/s1. The summed E-state index contributed by atoms with van der Waals surface area (Å²) in [5.74, 6) is -5.01. The second-order valence-corrected chi connectivity index (χ2v) is 13.8. The molecule has 1 heterocycles. The van der Waals surface area contributed by atoms with Crippen LogP contribution in [0.4, 0.5) is 4.79 Å². The van der Waals surface area contributed by atoms with Crippen LogP contribution in [0, 0.1) is 5.92 Å². The number of carbonyl (C=O) groups is 7. The second-order valence-electron chi connectivity index (χ2n) is 13.8. The van der Waals surface area contributed by atoms with E-state index in [9.17, 15) is 33.6 Å². The Morgan fingerprint density at radius 2 is 1.20 bits per heavy atom. The van der Waals surface area contributed by atoms with Crippen LogP contribution in [-0.4, -0.2) is 109 Å². The first-order chi connectivity index (χ1) is 22.4. The maximum atomic E-state index is 13.5. The lowest BCUT2D eigenvalue weighted by atomic mass is 9.98. The topological polar surface area (TPSA) is 217 Å². The van der Waals surface area contributed by atoms with E-state index >= 15 is 0 Å². The first-order valence-electron chi connectivity index (χ1n) is 15.8. The van der Waals surface area contributed by atoms with Crippen molar-refractivity contribution >= 4 is 41.8 Å². The normalized spacial score (nSPS) is 22.1. The fourth-order valence-corrected chi connectivity index (χ4v) is 4.42. The lowest BCUT2D eigenvalue weighted by molar-refractivity contribution is -0.294. The summed E-state index contributed by atoms with van der Waals surface area (Å²) in [6.07, 6.45) is -9.06. The van der Waals surface area contributed by atoms with Gasteiger partial charge in [0.2, 0.25) is 18.3 Å². The molecule has 0 aromatic rings. The van der Waals surface area contributed by atoms with Crippen LogP contribution in [0.3, 0.4) is 0 Å². The van der Waals surface area contributed by atoms with Gasteiger partial charge in [0.05, 0.1) is 12.2 Å². The average molecular weight is 705 g/mol. The Morgan fingerprint density at radius 3 is 1.67 bits per heavy atom. The van der Waals surface area contributed by atoms with Gasteiger partial charge in [-0.1, -0.05) is 13.8 Å². The molecule has 49 heavy (non-hydrogen) atoms. The van der Waals surface area contributed by atoms with E-state index in [1.807, 2.05) is 0 Å². The zero-order valence-electron chi connectivity index (χ0n) is 30.4. The Hall–Kier alpha value is -3.99. The zero-order valence-corrected chi connectivity index (χ0v) is 30.4. The molecule has 0 aromatic heterocycles. The van der Waals surface area contributed by atoms with E-state index in [0.29, 0.717) is 0 Å². The maximum Gasteiger partial charge on any atom is 0.410 e. The number of amides is 2. The number of esters is 5. The van der Waals surface area contributed by atoms with E-state index in [1.165, 1.54) is 0 Å². The van der Waals surface area contributed by atoms with Crippen LogP contribution in [0.1, 0.15) is 89.5 Å². The molecule has 0 spiro atoms. The molecule has 2 N–H and O–H groups in total. The molecule has 1 fully saturated rings. The maximum absolute atomic E-state index is 13.5. The highest BCUT2D eigenvalue weighted by Gasteiger charge is 2.54. The van der Waals surface area contributed by atoms with Crippen molar-refractivity contribution in [3.05, 3.63) is 0 Å². The van der Waals surface area contributed by atoms with Crippen LogP contribution in [0.25, 0.3) is 0 Å². The minimum absolute atomic E-state index is 0.0840. The van der Waals surface area contributed by atoms with Gasteiger partial charge in [0.15, 0.2) is 18.2 Å². The summed E-state index contributed by atoms with van der Waals surface area (Å²) in [6.45, 7) is 17.4. The Kier molecular flexibility index (Phi) is 16.4. The van der Waals surface area contributed by atoms with Crippen molar-refractivity contribution in [3.63, 3.8) is 0 Å². The van der Waals surface area contributed by atoms with Gasteiger partial charge in [-0.15, -0.1) is 0 Å².